The summed E-state index contributed by atoms with van der Waals surface area (Å²) in [6.45, 7) is 11.3. The van der Waals surface area contributed by atoms with Gasteiger partial charge in [0, 0.05) is 24.7 Å². The normalized spacial score (nSPS) is 27.5. The number of nitrogen functional groups attached to an aromatic ring is 1. The fourth-order valence-electron chi connectivity index (χ4n) is 3.30. The van der Waals surface area contributed by atoms with Crippen molar-refractivity contribution in [3.63, 3.8) is 0 Å². The molecule has 1 aromatic carbocycles. The second-order valence-electron chi connectivity index (χ2n) is 6.54. The van der Waals surface area contributed by atoms with Crippen LogP contribution in [0.5, 0.6) is 0 Å². The predicted molar refractivity (Wildman–Crippen MR) is 85.0 cm³/mol. The van der Waals surface area contributed by atoms with Crippen LogP contribution < -0.4 is 5.73 Å². The molecule has 3 heteroatoms. The molecule has 110 valence electrons. The van der Waals surface area contributed by atoms with E-state index in [4.69, 9.17) is 11.1 Å². The highest BCUT2D eigenvalue weighted by molar-refractivity contribution is 5.95. The molecule has 3 nitrogen and oxygen atoms in total. The van der Waals surface area contributed by atoms with Crippen molar-refractivity contribution in [1.82, 2.24) is 4.90 Å². The first-order valence-electron chi connectivity index (χ1n) is 7.56. The van der Waals surface area contributed by atoms with Gasteiger partial charge in [-0.3, -0.25) is 10.3 Å². The fourth-order valence-corrected chi connectivity index (χ4v) is 3.30. The molecule has 0 amide bonds. The van der Waals surface area contributed by atoms with Crippen LogP contribution in [-0.4, -0.2) is 23.3 Å². The van der Waals surface area contributed by atoms with Crippen LogP contribution in [0.15, 0.2) is 18.2 Å². The minimum atomic E-state index is 0.147. The van der Waals surface area contributed by atoms with Crippen molar-refractivity contribution in [1.29, 1.82) is 5.41 Å². The SMILES string of the molecule is Cc1cc(C(=N)N)ccc1CN1CC(C)CC(C)C1C. The summed E-state index contributed by atoms with van der Waals surface area (Å²) in [5.41, 5.74) is 8.95. The van der Waals surface area contributed by atoms with Crippen LogP contribution in [0, 0.1) is 24.2 Å². The van der Waals surface area contributed by atoms with E-state index in [0.717, 1.165) is 23.9 Å². The number of nitrogens with zero attached hydrogens (tertiary/aromatic N) is 1. The Bertz CT molecular complexity index is 495. The van der Waals surface area contributed by atoms with Gasteiger partial charge in [-0.25, -0.2) is 0 Å². The van der Waals surface area contributed by atoms with Gasteiger partial charge in [-0.2, -0.15) is 0 Å². The molecule has 3 N–H and O–H groups in total. The molecule has 2 rings (SSSR count). The van der Waals surface area contributed by atoms with Gasteiger partial charge in [0.25, 0.3) is 0 Å². The zero-order valence-corrected chi connectivity index (χ0v) is 13.1. The molecule has 0 aliphatic carbocycles. The average Bonchev–Trinajstić information content (AvgIpc) is 2.37. The highest BCUT2D eigenvalue weighted by Gasteiger charge is 2.28. The van der Waals surface area contributed by atoms with Crippen LogP contribution in [0.3, 0.4) is 0 Å². The Balaban J connectivity index is 2.15. The smallest absolute Gasteiger partial charge is 0.122 e. The fraction of sp³-hybridized carbons (Fsp3) is 0.588. The molecule has 0 saturated carbocycles. The maximum atomic E-state index is 7.51. The minimum absolute atomic E-state index is 0.147. The Morgan fingerprint density at radius 2 is 2.05 bits per heavy atom. The second-order valence-corrected chi connectivity index (χ2v) is 6.54. The molecule has 3 atom stereocenters. The second kappa shape index (κ2) is 5.96. The third-order valence-electron chi connectivity index (χ3n) is 4.75. The number of piperidine rings is 1. The average molecular weight is 273 g/mol. The van der Waals surface area contributed by atoms with Crippen molar-refractivity contribution in [2.45, 2.75) is 46.7 Å². The summed E-state index contributed by atoms with van der Waals surface area (Å²) in [6, 6.07) is 6.76. The van der Waals surface area contributed by atoms with E-state index < -0.39 is 0 Å². The number of likely N-dealkylation sites (tertiary alicyclic amines) is 1. The summed E-state index contributed by atoms with van der Waals surface area (Å²) >= 11 is 0. The van der Waals surface area contributed by atoms with E-state index in [2.05, 4.69) is 38.7 Å². The van der Waals surface area contributed by atoms with Crippen molar-refractivity contribution >= 4 is 5.84 Å². The molecule has 1 heterocycles. The monoisotopic (exact) mass is 273 g/mol. The molecule has 0 bridgehead atoms. The number of benzene rings is 1. The summed E-state index contributed by atoms with van der Waals surface area (Å²) in [4.78, 5) is 2.59. The van der Waals surface area contributed by atoms with Crippen LogP contribution in [0.1, 0.15) is 43.9 Å². The Hall–Kier alpha value is -1.35. The maximum Gasteiger partial charge on any atom is 0.122 e. The van der Waals surface area contributed by atoms with E-state index in [1.165, 1.54) is 24.1 Å². The summed E-state index contributed by atoms with van der Waals surface area (Å²) in [7, 11) is 0. The van der Waals surface area contributed by atoms with E-state index in [1.807, 2.05) is 12.1 Å². The number of hydrogen-bond donors (Lipinski definition) is 2. The minimum Gasteiger partial charge on any atom is -0.384 e. The summed E-state index contributed by atoms with van der Waals surface area (Å²) in [5.74, 6) is 1.68. The first-order valence-corrected chi connectivity index (χ1v) is 7.56. The van der Waals surface area contributed by atoms with Crippen molar-refractivity contribution < 1.29 is 0 Å². The van der Waals surface area contributed by atoms with Gasteiger partial charge in [-0.1, -0.05) is 26.0 Å². The van der Waals surface area contributed by atoms with Crippen LogP contribution in [0.25, 0.3) is 0 Å². The van der Waals surface area contributed by atoms with Crippen LogP contribution in [-0.2, 0) is 6.54 Å². The first-order chi connectivity index (χ1) is 9.38. The third kappa shape index (κ3) is 3.21. The number of rotatable bonds is 3. The van der Waals surface area contributed by atoms with Crippen molar-refractivity contribution in [2.24, 2.45) is 17.6 Å². The summed E-state index contributed by atoms with van der Waals surface area (Å²) in [5, 5.41) is 7.51. The van der Waals surface area contributed by atoms with Gasteiger partial charge in [0.1, 0.15) is 5.84 Å². The number of aryl methyl sites for hydroxylation is 1. The lowest BCUT2D eigenvalue weighted by Gasteiger charge is -2.41. The first kappa shape index (κ1) is 15.0. The molecule has 20 heavy (non-hydrogen) atoms. The quantitative estimate of drug-likeness (QED) is 0.656. The van der Waals surface area contributed by atoms with E-state index in [-0.39, 0.29) is 5.84 Å². The van der Waals surface area contributed by atoms with E-state index >= 15 is 0 Å². The highest BCUT2D eigenvalue weighted by Crippen LogP contribution is 2.28. The molecule has 3 unspecified atom stereocenters. The van der Waals surface area contributed by atoms with E-state index in [9.17, 15) is 0 Å². The van der Waals surface area contributed by atoms with Gasteiger partial charge in [0.05, 0.1) is 0 Å². The van der Waals surface area contributed by atoms with E-state index in [0.29, 0.717) is 6.04 Å². The third-order valence-corrected chi connectivity index (χ3v) is 4.75. The topological polar surface area (TPSA) is 53.1 Å². The Morgan fingerprint density at radius 3 is 2.65 bits per heavy atom. The number of nitrogens with two attached hydrogens (primary N) is 1. The summed E-state index contributed by atoms with van der Waals surface area (Å²) < 4.78 is 0. The molecule has 1 aliphatic rings. The maximum absolute atomic E-state index is 7.51. The molecule has 0 aromatic heterocycles. The van der Waals surface area contributed by atoms with Crippen LogP contribution in [0.4, 0.5) is 0 Å². The Morgan fingerprint density at radius 1 is 1.35 bits per heavy atom. The lowest BCUT2D eigenvalue weighted by atomic mass is 9.85. The van der Waals surface area contributed by atoms with Crippen LogP contribution in [0.2, 0.25) is 0 Å². The van der Waals surface area contributed by atoms with Gasteiger partial charge in [0.15, 0.2) is 0 Å². The number of nitrogens with one attached hydrogen (secondary N) is 1. The standard InChI is InChI=1S/C17H27N3/c1-11-7-12(2)14(4)20(9-11)10-16-6-5-15(17(18)19)8-13(16)3/h5-6,8,11-12,14H,7,9-10H2,1-4H3,(H3,18,19). The van der Waals surface area contributed by atoms with Crippen molar-refractivity contribution in [3.8, 4) is 0 Å². The molecule has 1 aliphatic heterocycles. The molecular formula is C17H27N3. The van der Waals surface area contributed by atoms with Gasteiger partial charge in [-0.15, -0.1) is 0 Å². The lowest BCUT2D eigenvalue weighted by Crippen LogP contribution is -2.45. The number of hydrogen-bond acceptors (Lipinski definition) is 2. The molecular weight excluding hydrogens is 246 g/mol. The van der Waals surface area contributed by atoms with E-state index in [1.54, 1.807) is 0 Å². The predicted octanol–water partition coefficient (Wildman–Crippen LogP) is 3.15. The lowest BCUT2D eigenvalue weighted by molar-refractivity contribution is 0.0728. The zero-order chi connectivity index (χ0) is 14.9. The summed E-state index contributed by atoms with van der Waals surface area (Å²) in [6.07, 6.45) is 1.33. The molecule has 1 aromatic rings. The van der Waals surface area contributed by atoms with Crippen molar-refractivity contribution in [3.05, 3.63) is 34.9 Å². The van der Waals surface area contributed by atoms with Crippen LogP contribution >= 0.6 is 0 Å². The van der Waals surface area contributed by atoms with Gasteiger partial charge in [-0.05, 0) is 49.3 Å². The Labute approximate surface area is 122 Å². The molecule has 0 spiro atoms. The molecule has 1 saturated heterocycles. The Kier molecular flexibility index (Phi) is 4.48. The zero-order valence-electron chi connectivity index (χ0n) is 13.1. The molecule has 1 fully saturated rings. The molecule has 0 radical (unpaired) electrons. The van der Waals surface area contributed by atoms with Crippen molar-refractivity contribution in [2.75, 3.05) is 6.54 Å². The van der Waals surface area contributed by atoms with Gasteiger partial charge in [0.2, 0.25) is 0 Å². The highest BCUT2D eigenvalue weighted by atomic mass is 15.2. The van der Waals surface area contributed by atoms with Gasteiger partial charge >= 0.3 is 0 Å². The number of amidine groups is 1. The van der Waals surface area contributed by atoms with Gasteiger partial charge < -0.3 is 5.73 Å². The largest absolute Gasteiger partial charge is 0.384 e.